The van der Waals surface area contributed by atoms with E-state index in [9.17, 15) is 14.4 Å². The maximum Gasteiger partial charge on any atom is 0.257 e. The zero-order chi connectivity index (χ0) is 18.8. The number of benzene rings is 1. The molecule has 1 atom stereocenters. The number of carbonyl (C=O) groups is 3. The summed E-state index contributed by atoms with van der Waals surface area (Å²) in [7, 11) is 1.55. The van der Waals surface area contributed by atoms with E-state index in [2.05, 4.69) is 0 Å². The molecule has 1 saturated heterocycles. The summed E-state index contributed by atoms with van der Waals surface area (Å²) in [4.78, 5) is 40.8. The Hall–Kier alpha value is -2.37. The van der Waals surface area contributed by atoms with E-state index in [1.807, 2.05) is 27.7 Å². The molecule has 1 aliphatic rings. The van der Waals surface area contributed by atoms with Gasteiger partial charge in [-0.15, -0.1) is 0 Å². The summed E-state index contributed by atoms with van der Waals surface area (Å²) in [5, 5.41) is 0. The van der Waals surface area contributed by atoms with Crippen molar-refractivity contribution in [2.24, 2.45) is 0 Å². The molecule has 1 aromatic carbocycles. The van der Waals surface area contributed by atoms with Gasteiger partial charge in [0.05, 0.1) is 19.2 Å². The molecule has 1 fully saturated rings. The van der Waals surface area contributed by atoms with Gasteiger partial charge in [0.1, 0.15) is 11.8 Å². The van der Waals surface area contributed by atoms with Crippen molar-refractivity contribution in [3.63, 3.8) is 0 Å². The highest BCUT2D eigenvalue weighted by Gasteiger charge is 2.47. The molecule has 1 unspecified atom stereocenters. The van der Waals surface area contributed by atoms with Crippen molar-refractivity contribution < 1.29 is 19.1 Å². The molecule has 0 bridgehead atoms. The number of methoxy groups -OCH3 is 1. The Morgan fingerprint density at radius 1 is 1.24 bits per heavy atom. The Labute approximate surface area is 148 Å². The molecule has 1 aromatic rings. The van der Waals surface area contributed by atoms with Crippen molar-refractivity contribution >= 4 is 23.4 Å². The second-order valence-electron chi connectivity index (χ2n) is 7.17. The lowest BCUT2D eigenvalue weighted by Gasteiger charge is -2.39. The Morgan fingerprint density at radius 3 is 2.32 bits per heavy atom. The summed E-state index contributed by atoms with van der Waals surface area (Å²) in [5.41, 5.74) is -0.0434. The van der Waals surface area contributed by atoms with Crippen LogP contribution in [0.25, 0.3) is 0 Å². The fourth-order valence-electron chi connectivity index (χ4n) is 3.17. The first kappa shape index (κ1) is 19.0. The Bertz CT molecular complexity index is 661. The zero-order valence-corrected chi connectivity index (χ0v) is 15.5. The summed E-state index contributed by atoms with van der Waals surface area (Å²) in [6, 6.07) is 5.99. The van der Waals surface area contributed by atoms with Gasteiger partial charge in [-0.05, 0) is 51.5 Å². The minimum Gasteiger partial charge on any atom is -0.497 e. The van der Waals surface area contributed by atoms with E-state index in [0.717, 1.165) is 0 Å². The molecule has 0 radical (unpaired) electrons. The van der Waals surface area contributed by atoms with Crippen molar-refractivity contribution in [2.45, 2.75) is 58.5 Å². The Balaban J connectivity index is 2.33. The summed E-state index contributed by atoms with van der Waals surface area (Å²) < 4.78 is 5.11. The van der Waals surface area contributed by atoms with E-state index in [1.54, 1.807) is 36.3 Å². The van der Waals surface area contributed by atoms with Gasteiger partial charge in [0, 0.05) is 12.0 Å². The lowest BCUT2D eigenvalue weighted by molar-refractivity contribution is -0.144. The predicted octanol–water partition coefficient (Wildman–Crippen LogP) is 2.75. The van der Waals surface area contributed by atoms with Gasteiger partial charge < -0.3 is 9.64 Å². The van der Waals surface area contributed by atoms with Crippen LogP contribution in [0.5, 0.6) is 5.75 Å². The van der Waals surface area contributed by atoms with Gasteiger partial charge >= 0.3 is 0 Å². The molecule has 1 aliphatic heterocycles. The van der Waals surface area contributed by atoms with Crippen LogP contribution in [0.2, 0.25) is 0 Å². The van der Waals surface area contributed by atoms with Crippen LogP contribution < -0.4 is 9.64 Å². The number of rotatable bonds is 5. The number of ether oxygens (including phenoxy) is 1. The lowest BCUT2D eigenvalue weighted by Crippen LogP contribution is -2.54. The van der Waals surface area contributed by atoms with Crippen molar-refractivity contribution in [1.29, 1.82) is 0 Å². The highest BCUT2D eigenvalue weighted by molar-refractivity contribution is 6.23. The Morgan fingerprint density at radius 2 is 1.84 bits per heavy atom. The van der Waals surface area contributed by atoms with Crippen LogP contribution in [0, 0.1) is 0 Å². The van der Waals surface area contributed by atoms with Crippen molar-refractivity contribution in [3.05, 3.63) is 24.3 Å². The van der Waals surface area contributed by atoms with Gasteiger partial charge in [-0.3, -0.25) is 14.4 Å². The van der Waals surface area contributed by atoms with Gasteiger partial charge in [-0.25, -0.2) is 4.90 Å². The third-order valence-electron chi connectivity index (χ3n) is 4.22. The van der Waals surface area contributed by atoms with E-state index in [0.29, 0.717) is 24.3 Å². The average Bonchev–Trinajstić information content (AvgIpc) is 2.81. The normalized spacial score (nSPS) is 17.8. The van der Waals surface area contributed by atoms with Crippen molar-refractivity contribution in [2.75, 3.05) is 12.0 Å². The molecule has 0 saturated carbocycles. The maximum atomic E-state index is 12.9. The first-order chi connectivity index (χ1) is 11.7. The van der Waals surface area contributed by atoms with Crippen LogP contribution in [-0.4, -0.2) is 41.3 Å². The van der Waals surface area contributed by atoms with E-state index < -0.39 is 11.6 Å². The van der Waals surface area contributed by atoms with Crippen LogP contribution in [0.1, 0.15) is 47.0 Å². The molecule has 0 spiro atoms. The standard InChI is InChI=1S/C19H26N2O4/c1-6-7-16(22)21(19(2,3)4)15-12-17(23)20(18(15)24)13-8-10-14(25-5)11-9-13/h8-11,15H,6-7,12H2,1-5H3. The Kier molecular flexibility index (Phi) is 5.50. The number of hydrogen-bond acceptors (Lipinski definition) is 4. The minimum atomic E-state index is -0.756. The third kappa shape index (κ3) is 3.83. The lowest BCUT2D eigenvalue weighted by atomic mass is 10.0. The second kappa shape index (κ2) is 7.25. The van der Waals surface area contributed by atoms with E-state index in [4.69, 9.17) is 4.74 Å². The van der Waals surface area contributed by atoms with Crippen molar-refractivity contribution in [1.82, 2.24) is 4.90 Å². The number of nitrogens with zero attached hydrogens (tertiary/aromatic N) is 2. The number of carbonyl (C=O) groups excluding carboxylic acids is 3. The van der Waals surface area contributed by atoms with Crippen LogP contribution in [0.3, 0.4) is 0 Å². The molecule has 1 heterocycles. The molecule has 3 amide bonds. The largest absolute Gasteiger partial charge is 0.497 e. The third-order valence-corrected chi connectivity index (χ3v) is 4.22. The smallest absolute Gasteiger partial charge is 0.257 e. The fraction of sp³-hybridized carbons (Fsp3) is 0.526. The predicted molar refractivity (Wildman–Crippen MR) is 95.4 cm³/mol. The van der Waals surface area contributed by atoms with Gasteiger partial charge in [-0.2, -0.15) is 0 Å². The number of imide groups is 1. The molecule has 6 heteroatoms. The first-order valence-electron chi connectivity index (χ1n) is 8.53. The number of amides is 3. The summed E-state index contributed by atoms with van der Waals surface area (Å²) in [6.45, 7) is 7.57. The SMILES string of the molecule is CCCC(=O)N(C1CC(=O)N(c2ccc(OC)cc2)C1=O)C(C)(C)C. The number of anilines is 1. The van der Waals surface area contributed by atoms with Gasteiger partial charge in [0.2, 0.25) is 11.8 Å². The van der Waals surface area contributed by atoms with E-state index in [1.165, 1.54) is 4.90 Å². The number of hydrogen-bond donors (Lipinski definition) is 0. The zero-order valence-electron chi connectivity index (χ0n) is 15.5. The first-order valence-corrected chi connectivity index (χ1v) is 8.53. The quantitative estimate of drug-likeness (QED) is 0.769. The van der Waals surface area contributed by atoms with Crippen LogP contribution in [-0.2, 0) is 14.4 Å². The maximum absolute atomic E-state index is 12.9. The van der Waals surface area contributed by atoms with Crippen LogP contribution >= 0.6 is 0 Å². The van der Waals surface area contributed by atoms with E-state index >= 15 is 0 Å². The monoisotopic (exact) mass is 346 g/mol. The minimum absolute atomic E-state index is 0.0115. The summed E-state index contributed by atoms with van der Waals surface area (Å²) in [6.07, 6.45) is 1.07. The summed E-state index contributed by atoms with van der Waals surface area (Å²) in [5.74, 6) is -0.0974. The van der Waals surface area contributed by atoms with Gasteiger partial charge in [-0.1, -0.05) is 6.92 Å². The molecule has 6 nitrogen and oxygen atoms in total. The second-order valence-corrected chi connectivity index (χ2v) is 7.17. The van der Waals surface area contributed by atoms with E-state index in [-0.39, 0.29) is 24.1 Å². The topological polar surface area (TPSA) is 66.9 Å². The van der Waals surface area contributed by atoms with Gasteiger partial charge in [0.15, 0.2) is 0 Å². The van der Waals surface area contributed by atoms with Gasteiger partial charge in [0.25, 0.3) is 5.91 Å². The van der Waals surface area contributed by atoms with Crippen LogP contribution in [0.15, 0.2) is 24.3 Å². The molecule has 0 aromatic heterocycles. The fourth-order valence-corrected chi connectivity index (χ4v) is 3.17. The molecule has 2 rings (SSSR count). The highest BCUT2D eigenvalue weighted by Crippen LogP contribution is 2.31. The molecule has 25 heavy (non-hydrogen) atoms. The molecule has 0 aliphatic carbocycles. The average molecular weight is 346 g/mol. The van der Waals surface area contributed by atoms with Crippen LogP contribution in [0.4, 0.5) is 5.69 Å². The van der Waals surface area contributed by atoms with Crippen molar-refractivity contribution in [3.8, 4) is 5.75 Å². The molecular weight excluding hydrogens is 320 g/mol. The summed E-state index contributed by atoms with van der Waals surface area (Å²) >= 11 is 0. The highest BCUT2D eigenvalue weighted by atomic mass is 16.5. The molecular formula is C19H26N2O4. The molecule has 136 valence electrons. The molecule has 0 N–H and O–H groups in total.